The number of likely N-dealkylation sites (tertiary alicyclic amines) is 1. The molecule has 1 aliphatic heterocycles. The van der Waals surface area contributed by atoms with Gasteiger partial charge in [-0.2, -0.15) is 0 Å². The van der Waals surface area contributed by atoms with Crippen LogP contribution < -0.4 is 5.32 Å². The third kappa shape index (κ3) is 4.61. The summed E-state index contributed by atoms with van der Waals surface area (Å²) in [5, 5.41) is 3.00. The second kappa shape index (κ2) is 7.63. The van der Waals surface area contributed by atoms with Crippen LogP contribution in [0, 0.1) is 0 Å². The van der Waals surface area contributed by atoms with E-state index in [1.165, 1.54) is 0 Å². The topological polar surface area (TPSA) is 50.8 Å². The van der Waals surface area contributed by atoms with Crippen LogP contribution in [0.2, 0.25) is 0 Å². The van der Waals surface area contributed by atoms with Gasteiger partial charge in [0.05, 0.1) is 12.7 Å². The minimum absolute atomic E-state index is 0.155. The molecule has 100 valence electrons. The Labute approximate surface area is 103 Å². The molecule has 0 aromatic rings. The molecule has 5 heteroatoms. The molecule has 2 unspecified atom stereocenters. The number of carbonyl (C=O) groups excluding carboxylic acids is 1. The van der Waals surface area contributed by atoms with Gasteiger partial charge in [-0.3, -0.25) is 4.79 Å². The summed E-state index contributed by atoms with van der Waals surface area (Å²) in [7, 11) is 3.55. The molecule has 1 aliphatic rings. The third-order valence-electron chi connectivity index (χ3n) is 3.22. The molecule has 0 spiro atoms. The van der Waals surface area contributed by atoms with Crippen molar-refractivity contribution < 1.29 is 14.3 Å². The van der Waals surface area contributed by atoms with Gasteiger partial charge in [-0.25, -0.2) is 0 Å². The first-order valence-electron chi connectivity index (χ1n) is 6.30. The number of hydrogen-bond donors (Lipinski definition) is 1. The third-order valence-corrected chi connectivity index (χ3v) is 3.22. The maximum absolute atomic E-state index is 11.6. The molecule has 2 atom stereocenters. The summed E-state index contributed by atoms with van der Waals surface area (Å²) < 4.78 is 10.3. The molecule has 17 heavy (non-hydrogen) atoms. The van der Waals surface area contributed by atoms with Crippen LogP contribution in [0.4, 0.5) is 0 Å². The number of hydrogen-bond acceptors (Lipinski definition) is 5. The van der Waals surface area contributed by atoms with Crippen molar-refractivity contribution in [1.82, 2.24) is 10.2 Å². The van der Waals surface area contributed by atoms with Gasteiger partial charge in [0, 0.05) is 26.7 Å². The second-order valence-corrected chi connectivity index (χ2v) is 4.33. The SMILES string of the molecule is CCOC(=O)C(CCN1CCC(OC)C1)NC. The molecule has 0 radical (unpaired) electrons. The van der Waals surface area contributed by atoms with Crippen molar-refractivity contribution in [2.75, 3.05) is 40.4 Å². The van der Waals surface area contributed by atoms with E-state index in [1.807, 2.05) is 6.92 Å². The van der Waals surface area contributed by atoms with Crippen molar-refractivity contribution in [3.8, 4) is 0 Å². The van der Waals surface area contributed by atoms with E-state index in [9.17, 15) is 4.79 Å². The Bertz CT molecular complexity index is 236. The van der Waals surface area contributed by atoms with Crippen molar-refractivity contribution in [1.29, 1.82) is 0 Å². The molecule has 0 aromatic heterocycles. The smallest absolute Gasteiger partial charge is 0.323 e. The van der Waals surface area contributed by atoms with Gasteiger partial charge in [0.2, 0.25) is 0 Å². The van der Waals surface area contributed by atoms with Crippen LogP contribution in [0.15, 0.2) is 0 Å². The minimum atomic E-state index is -0.198. The van der Waals surface area contributed by atoms with Gasteiger partial charge in [0.25, 0.3) is 0 Å². The van der Waals surface area contributed by atoms with Crippen molar-refractivity contribution in [3.63, 3.8) is 0 Å². The first-order chi connectivity index (χ1) is 8.21. The van der Waals surface area contributed by atoms with Gasteiger partial charge >= 0.3 is 5.97 Å². The lowest BCUT2D eigenvalue weighted by Crippen LogP contribution is -2.39. The Hall–Kier alpha value is -0.650. The molecule has 1 heterocycles. The Morgan fingerprint density at radius 2 is 2.35 bits per heavy atom. The van der Waals surface area contributed by atoms with Gasteiger partial charge in [0.1, 0.15) is 6.04 Å². The van der Waals surface area contributed by atoms with E-state index in [2.05, 4.69) is 10.2 Å². The summed E-state index contributed by atoms with van der Waals surface area (Å²) in [4.78, 5) is 13.9. The van der Waals surface area contributed by atoms with Crippen LogP contribution in [-0.2, 0) is 14.3 Å². The van der Waals surface area contributed by atoms with Crippen LogP contribution in [0.3, 0.4) is 0 Å². The quantitative estimate of drug-likeness (QED) is 0.651. The number of methoxy groups -OCH3 is 1. The predicted molar refractivity (Wildman–Crippen MR) is 66.0 cm³/mol. The fraction of sp³-hybridized carbons (Fsp3) is 0.917. The van der Waals surface area contributed by atoms with Crippen LogP contribution in [0.1, 0.15) is 19.8 Å². The molecular weight excluding hydrogens is 220 g/mol. The number of rotatable bonds is 7. The van der Waals surface area contributed by atoms with E-state index in [-0.39, 0.29) is 12.0 Å². The molecule has 1 fully saturated rings. The van der Waals surface area contributed by atoms with E-state index in [1.54, 1.807) is 14.2 Å². The van der Waals surface area contributed by atoms with Crippen molar-refractivity contribution >= 4 is 5.97 Å². The molecule has 1 N–H and O–H groups in total. The highest BCUT2D eigenvalue weighted by atomic mass is 16.5. The van der Waals surface area contributed by atoms with Crippen LogP contribution in [0.5, 0.6) is 0 Å². The molecule has 0 amide bonds. The van der Waals surface area contributed by atoms with Crippen molar-refractivity contribution in [3.05, 3.63) is 0 Å². The summed E-state index contributed by atoms with van der Waals surface area (Å²) in [5.41, 5.74) is 0. The fourth-order valence-corrected chi connectivity index (χ4v) is 2.13. The highest BCUT2D eigenvalue weighted by molar-refractivity contribution is 5.75. The van der Waals surface area contributed by atoms with Gasteiger partial charge < -0.3 is 19.7 Å². The molecule has 0 bridgehead atoms. The second-order valence-electron chi connectivity index (χ2n) is 4.33. The number of ether oxygens (including phenoxy) is 2. The highest BCUT2D eigenvalue weighted by Crippen LogP contribution is 2.12. The molecule has 0 aliphatic carbocycles. The summed E-state index contributed by atoms with van der Waals surface area (Å²) in [6.45, 7) is 5.19. The number of nitrogens with zero attached hydrogens (tertiary/aromatic N) is 1. The highest BCUT2D eigenvalue weighted by Gasteiger charge is 2.24. The Kier molecular flexibility index (Phi) is 6.47. The lowest BCUT2D eigenvalue weighted by atomic mass is 10.2. The standard InChI is InChI=1S/C12H24N2O3/c1-4-17-12(15)11(13-2)6-8-14-7-5-10(9-14)16-3/h10-11,13H,4-9H2,1-3H3. The molecule has 5 nitrogen and oxygen atoms in total. The monoisotopic (exact) mass is 244 g/mol. The summed E-state index contributed by atoms with van der Waals surface area (Å²) in [6, 6.07) is -0.198. The van der Waals surface area contributed by atoms with Crippen molar-refractivity contribution in [2.24, 2.45) is 0 Å². The van der Waals surface area contributed by atoms with Crippen LogP contribution >= 0.6 is 0 Å². The number of likely N-dealkylation sites (N-methyl/N-ethyl adjacent to an activating group) is 1. The Morgan fingerprint density at radius 3 is 2.88 bits per heavy atom. The van der Waals surface area contributed by atoms with Gasteiger partial charge in [-0.15, -0.1) is 0 Å². The minimum Gasteiger partial charge on any atom is -0.465 e. The first kappa shape index (κ1) is 14.4. The van der Waals surface area contributed by atoms with E-state index in [4.69, 9.17) is 9.47 Å². The molecule has 1 saturated heterocycles. The maximum Gasteiger partial charge on any atom is 0.323 e. The summed E-state index contributed by atoms with van der Waals surface area (Å²) >= 11 is 0. The zero-order chi connectivity index (χ0) is 12.7. The van der Waals surface area contributed by atoms with E-state index < -0.39 is 0 Å². The van der Waals surface area contributed by atoms with E-state index >= 15 is 0 Å². The number of nitrogens with one attached hydrogen (secondary N) is 1. The predicted octanol–water partition coefficient (Wildman–Crippen LogP) is 0.248. The summed E-state index contributed by atoms with van der Waals surface area (Å²) in [6.07, 6.45) is 2.22. The Balaban J connectivity index is 2.26. The fourth-order valence-electron chi connectivity index (χ4n) is 2.13. The van der Waals surface area contributed by atoms with E-state index in [0.717, 1.165) is 32.5 Å². The molecular formula is C12H24N2O3. The van der Waals surface area contributed by atoms with Crippen molar-refractivity contribution in [2.45, 2.75) is 31.9 Å². The van der Waals surface area contributed by atoms with Crippen LogP contribution in [0.25, 0.3) is 0 Å². The molecule has 0 saturated carbocycles. The normalized spacial score (nSPS) is 22.6. The van der Waals surface area contributed by atoms with E-state index in [0.29, 0.717) is 12.7 Å². The lowest BCUT2D eigenvalue weighted by molar-refractivity contribution is -0.145. The zero-order valence-electron chi connectivity index (χ0n) is 11.1. The summed E-state index contributed by atoms with van der Waals surface area (Å²) in [5.74, 6) is -0.155. The average molecular weight is 244 g/mol. The van der Waals surface area contributed by atoms with Crippen LogP contribution in [-0.4, -0.2) is 63.4 Å². The number of carbonyl (C=O) groups is 1. The van der Waals surface area contributed by atoms with Gasteiger partial charge in [-0.1, -0.05) is 0 Å². The first-order valence-corrected chi connectivity index (χ1v) is 6.30. The number of esters is 1. The van der Waals surface area contributed by atoms with Gasteiger partial charge in [-0.05, 0) is 26.8 Å². The zero-order valence-corrected chi connectivity index (χ0v) is 11.1. The molecule has 0 aromatic carbocycles. The molecule has 1 rings (SSSR count). The van der Waals surface area contributed by atoms with Gasteiger partial charge in [0.15, 0.2) is 0 Å². The average Bonchev–Trinajstić information content (AvgIpc) is 2.78. The Morgan fingerprint density at radius 1 is 1.59 bits per heavy atom. The lowest BCUT2D eigenvalue weighted by Gasteiger charge is -2.19. The largest absolute Gasteiger partial charge is 0.465 e. The maximum atomic E-state index is 11.6.